The van der Waals surface area contributed by atoms with Gasteiger partial charge in [-0.1, -0.05) is 11.6 Å². The predicted octanol–water partition coefficient (Wildman–Crippen LogP) is 1.87. The van der Waals surface area contributed by atoms with Gasteiger partial charge in [-0.15, -0.1) is 0 Å². The summed E-state index contributed by atoms with van der Waals surface area (Å²) in [6.07, 6.45) is -0.287. The van der Waals surface area contributed by atoms with E-state index in [0.29, 0.717) is 33.4 Å². The minimum absolute atomic E-state index is 0.212. The highest BCUT2D eigenvalue weighted by atomic mass is 35.5. The highest BCUT2D eigenvalue weighted by molar-refractivity contribution is 6.31. The summed E-state index contributed by atoms with van der Waals surface area (Å²) in [6, 6.07) is 10.1. The van der Waals surface area contributed by atoms with Crippen LogP contribution in [0.5, 0.6) is 11.5 Å². The van der Waals surface area contributed by atoms with Crippen molar-refractivity contribution >= 4 is 29.2 Å². The molecule has 1 amide bonds. The number of carbonyl (C=O) groups excluding carboxylic acids is 2. The molecule has 0 saturated carbocycles. The number of halogens is 1. The fraction of sp³-hybridized carbons (Fsp3) is 0.250. The smallest absolute Gasteiger partial charge is 0.277 e. The number of hydrazone groups is 1. The highest BCUT2D eigenvalue weighted by Gasteiger charge is 2.08. The Bertz CT molecular complexity index is 911. The van der Waals surface area contributed by atoms with Gasteiger partial charge < -0.3 is 19.4 Å². The molecule has 0 saturated heterocycles. The van der Waals surface area contributed by atoms with Gasteiger partial charge in [0.05, 0.1) is 12.8 Å². The average molecular weight is 404 g/mol. The number of hydrogen-bond acceptors (Lipinski definition) is 6. The molecule has 0 aliphatic carbocycles. The molecule has 2 aromatic rings. The van der Waals surface area contributed by atoms with E-state index in [4.69, 9.17) is 21.1 Å². The number of aliphatic carboxylic acids is 1. The molecule has 7 nitrogen and oxygen atoms in total. The molecular formula is C20H20ClN2O5-. The van der Waals surface area contributed by atoms with Crippen LogP contribution in [0.15, 0.2) is 41.5 Å². The van der Waals surface area contributed by atoms with Crippen LogP contribution in [0.1, 0.15) is 23.6 Å². The lowest BCUT2D eigenvalue weighted by Crippen LogP contribution is -2.26. The number of nitrogens with one attached hydrogen (secondary N) is 1. The lowest BCUT2D eigenvalue weighted by atomic mass is 10.0. The first-order chi connectivity index (χ1) is 13.3. The number of benzene rings is 2. The van der Waals surface area contributed by atoms with E-state index in [1.54, 1.807) is 43.3 Å². The molecular weight excluding hydrogens is 384 g/mol. The Hall–Kier alpha value is -3.06. The van der Waals surface area contributed by atoms with Crippen molar-refractivity contribution in [2.24, 2.45) is 5.10 Å². The standard InChI is InChI=1S/C20H21ClN2O5/c1-12-8-16(5-6-17(12)21)28-11-19(24)23-22-13(2)14-4-7-18(27-3)15(9-14)10-20(25)26/h4-9H,10-11H2,1-3H3,(H,23,24)(H,25,26)/p-1/b22-13-. The van der Waals surface area contributed by atoms with E-state index >= 15 is 0 Å². The number of nitrogens with zero attached hydrogens (tertiary/aromatic N) is 1. The summed E-state index contributed by atoms with van der Waals surface area (Å²) in [6.45, 7) is 3.32. The topological polar surface area (TPSA) is 100 Å². The van der Waals surface area contributed by atoms with Crippen molar-refractivity contribution < 1.29 is 24.2 Å². The number of amides is 1. The van der Waals surface area contributed by atoms with E-state index < -0.39 is 11.9 Å². The minimum Gasteiger partial charge on any atom is -0.550 e. The second-order valence-electron chi connectivity index (χ2n) is 6.01. The predicted molar refractivity (Wildman–Crippen MR) is 104 cm³/mol. The molecule has 0 unspecified atom stereocenters. The van der Waals surface area contributed by atoms with Gasteiger partial charge in [0.25, 0.3) is 5.91 Å². The van der Waals surface area contributed by atoms with Crippen molar-refractivity contribution in [1.29, 1.82) is 0 Å². The molecule has 8 heteroatoms. The van der Waals surface area contributed by atoms with Crippen LogP contribution < -0.4 is 20.0 Å². The summed E-state index contributed by atoms with van der Waals surface area (Å²) >= 11 is 5.95. The zero-order valence-corrected chi connectivity index (χ0v) is 16.5. The fourth-order valence-electron chi connectivity index (χ4n) is 2.40. The van der Waals surface area contributed by atoms with Crippen LogP contribution in [-0.2, 0) is 16.0 Å². The monoisotopic (exact) mass is 403 g/mol. The Kier molecular flexibility index (Phi) is 7.40. The third-order valence-corrected chi connectivity index (χ3v) is 4.30. The van der Waals surface area contributed by atoms with E-state index in [1.165, 1.54) is 7.11 Å². The molecule has 0 heterocycles. The summed E-state index contributed by atoms with van der Waals surface area (Å²) in [7, 11) is 1.46. The second kappa shape index (κ2) is 9.75. The lowest BCUT2D eigenvalue weighted by molar-refractivity contribution is -0.304. The number of aryl methyl sites for hydroxylation is 1. The van der Waals surface area contributed by atoms with Crippen LogP contribution in [0.2, 0.25) is 5.02 Å². The molecule has 0 radical (unpaired) electrons. The van der Waals surface area contributed by atoms with Crippen molar-refractivity contribution in [2.45, 2.75) is 20.3 Å². The van der Waals surface area contributed by atoms with Gasteiger partial charge in [-0.2, -0.15) is 5.10 Å². The number of rotatable bonds is 8. The van der Waals surface area contributed by atoms with Crippen molar-refractivity contribution in [2.75, 3.05) is 13.7 Å². The van der Waals surface area contributed by atoms with Gasteiger partial charge in [0.15, 0.2) is 6.61 Å². The number of carboxylic acids is 1. The Morgan fingerprint density at radius 2 is 1.96 bits per heavy atom. The summed E-state index contributed by atoms with van der Waals surface area (Å²) in [5.41, 5.74) is 4.86. The maximum Gasteiger partial charge on any atom is 0.277 e. The van der Waals surface area contributed by atoms with Crippen LogP contribution in [0.25, 0.3) is 0 Å². The van der Waals surface area contributed by atoms with E-state index in [0.717, 1.165) is 5.56 Å². The first kappa shape index (κ1) is 21.2. The Labute approximate surface area is 167 Å². The molecule has 1 N–H and O–H groups in total. The summed E-state index contributed by atoms with van der Waals surface area (Å²) < 4.78 is 10.5. The summed E-state index contributed by atoms with van der Waals surface area (Å²) in [5.74, 6) is -0.681. The molecule has 0 atom stereocenters. The van der Waals surface area contributed by atoms with Gasteiger partial charge in [-0.25, -0.2) is 5.43 Å². The van der Waals surface area contributed by atoms with Crippen LogP contribution in [0, 0.1) is 6.92 Å². The minimum atomic E-state index is -1.21. The molecule has 0 bridgehead atoms. The largest absolute Gasteiger partial charge is 0.550 e. The van der Waals surface area contributed by atoms with Gasteiger partial charge in [0, 0.05) is 23.0 Å². The lowest BCUT2D eigenvalue weighted by Gasteiger charge is -2.11. The fourth-order valence-corrected chi connectivity index (χ4v) is 2.51. The van der Waals surface area contributed by atoms with Gasteiger partial charge >= 0.3 is 0 Å². The average Bonchev–Trinajstić information content (AvgIpc) is 2.66. The van der Waals surface area contributed by atoms with E-state index in [-0.39, 0.29) is 13.0 Å². The molecule has 0 fully saturated rings. The summed E-state index contributed by atoms with van der Waals surface area (Å²) in [4.78, 5) is 22.8. The van der Waals surface area contributed by atoms with Gasteiger partial charge in [-0.05, 0) is 61.4 Å². The number of carbonyl (C=O) groups is 2. The van der Waals surface area contributed by atoms with Crippen molar-refractivity contribution in [3.05, 3.63) is 58.1 Å². The number of hydrogen-bond donors (Lipinski definition) is 1. The summed E-state index contributed by atoms with van der Waals surface area (Å²) in [5, 5.41) is 15.5. The third-order valence-electron chi connectivity index (χ3n) is 3.88. The number of carboxylic acid groups (broad SMARTS) is 1. The molecule has 0 aromatic heterocycles. The van der Waals surface area contributed by atoms with Crippen LogP contribution in [0.4, 0.5) is 0 Å². The van der Waals surface area contributed by atoms with Crippen LogP contribution in [-0.4, -0.2) is 31.3 Å². The Morgan fingerprint density at radius 1 is 1.21 bits per heavy atom. The molecule has 0 spiro atoms. The maximum absolute atomic E-state index is 11.9. The zero-order chi connectivity index (χ0) is 20.7. The Balaban J connectivity index is 1.99. The first-order valence-corrected chi connectivity index (χ1v) is 8.77. The third kappa shape index (κ3) is 5.99. The molecule has 28 heavy (non-hydrogen) atoms. The maximum atomic E-state index is 11.9. The first-order valence-electron chi connectivity index (χ1n) is 8.39. The van der Waals surface area contributed by atoms with Gasteiger partial charge in [0.1, 0.15) is 11.5 Å². The molecule has 2 aromatic carbocycles. The molecule has 2 rings (SSSR count). The van der Waals surface area contributed by atoms with Gasteiger partial charge in [0.2, 0.25) is 0 Å². The quantitative estimate of drug-likeness (QED) is 0.535. The second-order valence-corrected chi connectivity index (χ2v) is 6.41. The number of ether oxygens (including phenoxy) is 2. The van der Waals surface area contributed by atoms with Crippen molar-refractivity contribution in [3.63, 3.8) is 0 Å². The van der Waals surface area contributed by atoms with E-state index in [1.807, 2.05) is 6.92 Å². The van der Waals surface area contributed by atoms with Gasteiger partial charge in [-0.3, -0.25) is 4.79 Å². The zero-order valence-electron chi connectivity index (χ0n) is 15.7. The molecule has 148 valence electrons. The van der Waals surface area contributed by atoms with Crippen LogP contribution in [0.3, 0.4) is 0 Å². The normalized spacial score (nSPS) is 11.1. The van der Waals surface area contributed by atoms with Crippen LogP contribution >= 0.6 is 11.6 Å². The molecule has 0 aliphatic heterocycles. The molecule has 0 aliphatic rings. The van der Waals surface area contributed by atoms with Crippen molar-refractivity contribution in [3.8, 4) is 11.5 Å². The number of methoxy groups -OCH3 is 1. The SMILES string of the molecule is COc1ccc(/C(C)=N\NC(=O)COc2ccc(Cl)c(C)c2)cc1CC(=O)[O-]. The van der Waals surface area contributed by atoms with Crippen molar-refractivity contribution in [1.82, 2.24) is 5.43 Å². The Morgan fingerprint density at radius 3 is 2.61 bits per heavy atom. The van der Waals surface area contributed by atoms with E-state index in [2.05, 4.69) is 10.5 Å². The van der Waals surface area contributed by atoms with E-state index in [9.17, 15) is 14.7 Å². The highest BCUT2D eigenvalue weighted by Crippen LogP contribution is 2.21.